The maximum Gasteiger partial charge on any atom is 0.264 e. The lowest BCUT2D eigenvalue weighted by atomic mass is 10.1. The third-order valence-corrected chi connectivity index (χ3v) is 8.66. The van der Waals surface area contributed by atoms with Crippen molar-refractivity contribution >= 4 is 39.1 Å². The molecule has 1 N–H and O–H groups in total. The van der Waals surface area contributed by atoms with Crippen molar-refractivity contribution in [3.8, 4) is 0 Å². The Balaban J connectivity index is 2.09. The van der Waals surface area contributed by atoms with E-state index in [1.807, 2.05) is 40.7 Å². The largest absolute Gasteiger partial charge is 0.352 e. The molecule has 0 radical (unpaired) electrons. The van der Waals surface area contributed by atoms with Crippen LogP contribution in [0.1, 0.15) is 43.9 Å². The van der Waals surface area contributed by atoms with Gasteiger partial charge in [-0.05, 0) is 81.1 Å². The number of halogens is 1. The average molecular weight is 570 g/mol. The van der Waals surface area contributed by atoms with E-state index >= 15 is 0 Å². The second kappa shape index (κ2) is 13.1. The zero-order valence-electron chi connectivity index (χ0n) is 23.0. The molecular weight excluding hydrogens is 534 g/mol. The van der Waals surface area contributed by atoms with E-state index in [2.05, 4.69) is 5.32 Å². The maximum atomic E-state index is 14.1. The molecule has 0 aliphatic rings. The number of hydrogen-bond donors (Lipinski definition) is 1. The lowest BCUT2D eigenvalue weighted by molar-refractivity contribution is -0.140. The number of carbonyl (C=O) groups excluding carboxylic acids is 2. The Hall–Kier alpha value is -3.36. The lowest BCUT2D eigenvalue weighted by Crippen LogP contribution is -2.53. The fraction of sp³-hybridized carbons (Fsp3) is 0.333. The summed E-state index contributed by atoms with van der Waals surface area (Å²) in [5, 5.41) is 3.34. The van der Waals surface area contributed by atoms with Crippen molar-refractivity contribution in [2.75, 3.05) is 10.8 Å². The van der Waals surface area contributed by atoms with Gasteiger partial charge in [0.05, 0.1) is 10.6 Å². The van der Waals surface area contributed by atoms with E-state index in [0.717, 1.165) is 15.4 Å². The first-order chi connectivity index (χ1) is 18.4. The standard InChI is InChI=1S/C30H36ClN3O4S/c1-6-28(30(36)32-21(2)3)33(19-24-12-10-11-15-27(24)31)29(35)20-34(25-17-16-22(4)23(5)18-25)39(37,38)26-13-8-7-9-14-26/h7-18,21,28H,6,19-20H2,1-5H3,(H,32,36)/t28-/m0/s1. The number of hydrogen-bond acceptors (Lipinski definition) is 4. The molecule has 3 aromatic rings. The first-order valence-electron chi connectivity index (χ1n) is 12.9. The van der Waals surface area contributed by atoms with Crippen molar-refractivity contribution in [1.29, 1.82) is 0 Å². The van der Waals surface area contributed by atoms with E-state index in [4.69, 9.17) is 11.6 Å². The SMILES string of the molecule is CC[C@@H](C(=O)NC(C)C)N(Cc1ccccc1Cl)C(=O)CN(c1ccc(C)c(C)c1)S(=O)(=O)c1ccccc1. The second-order valence-corrected chi connectivity index (χ2v) is 12.1. The van der Waals surface area contributed by atoms with E-state index in [0.29, 0.717) is 22.7 Å². The number of rotatable bonds is 11. The zero-order valence-corrected chi connectivity index (χ0v) is 24.6. The molecule has 0 bridgehead atoms. The van der Waals surface area contributed by atoms with Crippen molar-refractivity contribution in [1.82, 2.24) is 10.2 Å². The van der Waals surface area contributed by atoms with Crippen molar-refractivity contribution in [3.63, 3.8) is 0 Å². The molecule has 0 saturated carbocycles. The molecule has 0 heterocycles. The Morgan fingerprint density at radius 2 is 1.56 bits per heavy atom. The number of nitrogens with one attached hydrogen (secondary N) is 1. The molecular formula is C30H36ClN3O4S. The van der Waals surface area contributed by atoms with Crippen molar-refractivity contribution in [3.05, 3.63) is 94.5 Å². The number of nitrogens with zero attached hydrogens (tertiary/aromatic N) is 2. The Morgan fingerprint density at radius 3 is 2.15 bits per heavy atom. The van der Waals surface area contributed by atoms with Gasteiger partial charge in [-0.3, -0.25) is 13.9 Å². The number of carbonyl (C=O) groups is 2. The first-order valence-corrected chi connectivity index (χ1v) is 14.8. The van der Waals surface area contributed by atoms with Gasteiger partial charge in [0, 0.05) is 17.6 Å². The summed E-state index contributed by atoms with van der Waals surface area (Å²) < 4.78 is 28.9. The second-order valence-electron chi connectivity index (χ2n) is 9.79. The van der Waals surface area contributed by atoms with Gasteiger partial charge in [0.2, 0.25) is 11.8 Å². The van der Waals surface area contributed by atoms with Gasteiger partial charge < -0.3 is 10.2 Å². The molecule has 0 aliphatic carbocycles. The molecule has 0 spiro atoms. The van der Waals surface area contributed by atoms with E-state index in [9.17, 15) is 18.0 Å². The smallest absolute Gasteiger partial charge is 0.264 e. The van der Waals surface area contributed by atoms with Crippen LogP contribution in [-0.2, 0) is 26.2 Å². The van der Waals surface area contributed by atoms with Gasteiger partial charge in [-0.2, -0.15) is 0 Å². The maximum absolute atomic E-state index is 14.1. The summed E-state index contributed by atoms with van der Waals surface area (Å²) >= 11 is 6.43. The topological polar surface area (TPSA) is 86.8 Å². The highest BCUT2D eigenvalue weighted by Gasteiger charge is 2.34. The molecule has 9 heteroatoms. The fourth-order valence-electron chi connectivity index (χ4n) is 4.24. The first kappa shape index (κ1) is 30.2. The van der Waals surface area contributed by atoms with E-state index in [1.165, 1.54) is 17.0 Å². The summed E-state index contributed by atoms with van der Waals surface area (Å²) in [6.45, 7) is 8.90. The Kier molecular flexibility index (Phi) is 10.2. The third kappa shape index (κ3) is 7.40. The Morgan fingerprint density at radius 1 is 0.923 bits per heavy atom. The van der Waals surface area contributed by atoms with E-state index < -0.39 is 28.5 Å². The molecule has 0 unspecified atom stereocenters. The van der Waals surface area contributed by atoms with Crippen molar-refractivity contribution in [2.45, 2.75) is 64.6 Å². The number of amides is 2. The monoisotopic (exact) mass is 569 g/mol. The van der Waals surface area contributed by atoms with Crippen molar-refractivity contribution < 1.29 is 18.0 Å². The predicted octanol–water partition coefficient (Wildman–Crippen LogP) is 5.48. The Labute approximate surface area is 236 Å². The van der Waals surface area contributed by atoms with Crippen molar-refractivity contribution in [2.24, 2.45) is 0 Å². The number of aryl methyl sites for hydroxylation is 2. The highest BCUT2D eigenvalue weighted by Crippen LogP contribution is 2.27. The van der Waals surface area contributed by atoms with Gasteiger partial charge in [0.1, 0.15) is 12.6 Å². The third-order valence-electron chi connectivity index (χ3n) is 6.50. The molecule has 2 amide bonds. The van der Waals surface area contributed by atoms with Gasteiger partial charge in [0.25, 0.3) is 10.0 Å². The molecule has 208 valence electrons. The van der Waals surface area contributed by atoms with Crippen LogP contribution < -0.4 is 9.62 Å². The summed E-state index contributed by atoms with van der Waals surface area (Å²) in [6, 6.07) is 19.4. The number of sulfonamides is 1. The van der Waals surface area contributed by atoms with E-state index in [1.54, 1.807) is 54.6 Å². The Bertz CT molecular complexity index is 1410. The van der Waals surface area contributed by atoms with Crippen LogP contribution >= 0.6 is 11.6 Å². The van der Waals surface area contributed by atoms with E-state index in [-0.39, 0.29) is 23.4 Å². The van der Waals surface area contributed by atoms with Crippen LogP contribution in [-0.4, -0.2) is 43.8 Å². The zero-order chi connectivity index (χ0) is 28.7. The minimum absolute atomic E-state index is 0.0503. The molecule has 3 aromatic carbocycles. The van der Waals surface area contributed by atoms with Crippen LogP contribution in [0.25, 0.3) is 0 Å². The van der Waals surface area contributed by atoms with Crippen LogP contribution in [0.2, 0.25) is 5.02 Å². The summed E-state index contributed by atoms with van der Waals surface area (Å²) in [5.41, 5.74) is 2.92. The number of benzene rings is 3. The predicted molar refractivity (Wildman–Crippen MR) is 156 cm³/mol. The molecule has 0 fully saturated rings. The van der Waals surface area contributed by atoms with Crippen LogP contribution in [0.15, 0.2) is 77.7 Å². The van der Waals surface area contributed by atoms with Crippen LogP contribution in [0.4, 0.5) is 5.69 Å². The van der Waals surface area contributed by atoms with Gasteiger partial charge in [0.15, 0.2) is 0 Å². The minimum atomic E-state index is -4.11. The highest BCUT2D eigenvalue weighted by molar-refractivity contribution is 7.92. The minimum Gasteiger partial charge on any atom is -0.352 e. The lowest BCUT2D eigenvalue weighted by Gasteiger charge is -2.33. The number of anilines is 1. The molecule has 39 heavy (non-hydrogen) atoms. The summed E-state index contributed by atoms with van der Waals surface area (Å²) in [7, 11) is -4.11. The summed E-state index contributed by atoms with van der Waals surface area (Å²) in [5.74, 6) is -0.824. The van der Waals surface area contributed by atoms with Crippen LogP contribution in [0.3, 0.4) is 0 Å². The normalized spacial score (nSPS) is 12.2. The molecule has 7 nitrogen and oxygen atoms in total. The molecule has 1 atom stereocenters. The van der Waals surface area contributed by atoms with Gasteiger partial charge in [-0.15, -0.1) is 0 Å². The fourth-order valence-corrected chi connectivity index (χ4v) is 5.86. The molecule has 3 rings (SSSR count). The van der Waals surface area contributed by atoms with Gasteiger partial charge >= 0.3 is 0 Å². The average Bonchev–Trinajstić information content (AvgIpc) is 2.89. The summed E-state index contributed by atoms with van der Waals surface area (Å²) in [6.07, 6.45) is 0.337. The van der Waals surface area contributed by atoms with Gasteiger partial charge in [-0.1, -0.05) is 61.0 Å². The molecule has 0 saturated heterocycles. The quantitative estimate of drug-likeness (QED) is 0.331. The summed E-state index contributed by atoms with van der Waals surface area (Å²) in [4.78, 5) is 28.7. The van der Waals surface area contributed by atoms with Gasteiger partial charge in [-0.25, -0.2) is 8.42 Å². The highest BCUT2D eigenvalue weighted by atomic mass is 35.5. The molecule has 0 aromatic heterocycles. The van der Waals surface area contributed by atoms with Crippen LogP contribution in [0, 0.1) is 13.8 Å². The van der Waals surface area contributed by atoms with Crippen LogP contribution in [0.5, 0.6) is 0 Å². The molecule has 0 aliphatic heterocycles.